The number of nitrogens with zero attached hydrogens (tertiary/aromatic N) is 4. The topological polar surface area (TPSA) is 72.3 Å². The summed E-state index contributed by atoms with van der Waals surface area (Å²) < 4.78 is 13.6. The summed E-state index contributed by atoms with van der Waals surface area (Å²) in [5, 5.41) is 8.03. The molecule has 0 aliphatic carbocycles. The van der Waals surface area contributed by atoms with Gasteiger partial charge in [0.2, 0.25) is 0 Å². The van der Waals surface area contributed by atoms with Crippen molar-refractivity contribution in [2.45, 2.75) is 13.0 Å². The van der Waals surface area contributed by atoms with E-state index in [1.807, 2.05) is 6.92 Å². The van der Waals surface area contributed by atoms with Gasteiger partial charge in [-0.3, -0.25) is 9.63 Å². The molecule has 0 saturated carbocycles. The third-order valence-electron chi connectivity index (χ3n) is 3.50. The van der Waals surface area contributed by atoms with E-state index in [0.717, 1.165) is 0 Å². The van der Waals surface area contributed by atoms with E-state index in [-0.39, 0.29) is 34.5 Å². The first-order valence-corrected chi connectivity index (χ1v) is 6.98. The van der Waals surface area contributed by atoms with Crippen LogP contribution in [0.25, 0.3) is 5.69 Å². The normalized spacial score (nSPS) is 18.2. The molecule has 124 valence electrons. The Morgan fingerprint density at radius 1 is 1.39 bits per heavy atom. The summed E-state index contributed by atoms with van der Waals surface area (Å²) in [7, 11) is 0. The second kappa shape index (κ2) is 7.62. The summed E-state index contributed by atoms with van der Waals surface area (Å²) in [6.45, 7) is 3.25. The maximum atomic E-state index is 13.6. The summed E-state index contributed by atoms with van der Waals surface area (Å²) >= 11 is 0. The number of hydroxylamine groups is 1. The zero-order valence-electron chi connectivity index (χ0n) is 12.5. The number of aromatic nitrogens is 3. The van der Waals surface area contributed by atoms with Gasteiger partial charge < -0.3 is 4.90 Å². The van der Waals surface area contributed by atoms with Gasteiger partial charge in [0.25, 0.3) is 5.91 Å². The van der Waals surface area contributed by atoms with Crippen molar-refractivity contribution in [3.63, 3.8) is 0 Å². The summed E-state index contributed by atoms with van der Waals surface area (Å²) in [6.07, 6.45) is 3.01. The molecule has 1 atom stereocenters. The molecule has 0 radical (unpaired) electrons. The fourth-order valence-electron chi connectivity index (χ4n) is 2.38. The average molecular weight is 386 g/mol. The van der Waals surface area contributed by atoms with Crippen molar-refractivity contribution in [2.24, 2.45) is 0 Å². The molecule has 1 fully saturated rings. The van der Waals surface area contributed by atoms with Crippen molar-refractivity contribution in [3.8, 4) is 5.69 Å². The van der Waals surface area contributed by atoms with Crippen LogP contribution in [0.3, 0.4) is 0 Å². The number of hydrogen-bond donors (Lipinski definition) is 1. The highest BCUT2D eigenvalue weighted by atomic mass is 79.9. The van der Waals surface area contributed by atoms with Crippen molar-refractivity contribution in [1.82, 2.24) is 25.4 Å². The van der Waals surface area contributed by atoms with Gasteiger partial charge in [-0.2, -0.15) is 15.0 Å². The Hall–Kier alpha value is -1.84. The number of amides is 1. The molecule has 9 heteroatoms. The first-order valence-electron chi connectivity index (χ1n) is 6.98. The Kier molecular flexibility index (Phi) is 5.80. The van der Waals surface area contributed by atoms with E-state index in [2.05, 4.69) is 15.7 Å². The third-order valence-corrected chi connectivity index (χ3v) is 3.50. The molecule has 7 nitrogen and oxygen atoms in total. The smallest absolute Gasteiger partial charge is 0.256 e. The molecule has 0 bridgehead atoms. The van der Waals surface area contributed by atoms with Crippen molar-refractivity contribution >= 4 is 22.9 Å². The van der Waals surface area contributed by atoms with Crippen LogP contribution in [0.5, 0.6) is 0 Å². The van der Waals surface area contributed by atoms with E-state index in [9.17, 15) is 9.18 Å². The Morgan fingerprint density at radius 2 is 2.13 bits per heavy atom. The second-order valence-corrected chi connectivity index (χ2v) is 5.03. The van der Waals surface area contributed by atoms with E-state index in [1.165, 1.54) is 35.4 Å². The Bertz CT molecular complexity index is 667. The van der Waals surface area contributed by atoms with Gasteiger partial charge in [-0.15, -0.1) is 17.0 Å². The Balaban J connectivity index is 0.00000192. The average Bonchev–Trinajstić information content (AvgIpc) is 2.95. The monoisotopic (exact) mass is 385 g/mol. The molecule has 2 heterocycles. The van der Waals surface area contributed by atoms with Gasteiger partial charge in [-0.05, 0) is 25.1 Å². The highest BCUT2D eigenvalue weighted by Crippen LogP contribution is 2.18. The number of hydrogen-bond acceptors (Lipinski definition) is 5. The number of benzene rings is 1. The SMILES string of the molecule is Br.C[C@@H]1CONCCN1C(=O)c1cc(F)ccc1-n1nccn1. The van der Waals surface area contributed by atoms with Crippen LogP contribution in [0.1, 0.15) is 17.3 Å². The molecule has 1 amide bonds. The lowest BCUT2D eigenvalue weighted by Gasteiger charge is -2.26. The lowest BCUT2D eigenvalue weighted by Crippen LogP contribution is -2.41. The Morgan fingerprint density at radius 3 is 2.87 bits per heavy atom. The molecule has 3 rings (SSSR count). The van der Waals surface area contributed by atoms with E-state index in [4.69, 9.17) is 4.84 Å². The van der Waals surface area contributed by atoms with Gasteiger partial charge in [0.1, 0.15) is 5.82 Å². The molecule has 23 heavy (non-hydrogen) atoms. The number of nitrogens with one attached hydrogen (secondary N) is 1. The first-order chi connectivity index (χ1) is 10.7. The van der Waals surface area contributed by atoms with Gasteiger partial charge in [0, 0.05) is 13.1 Å². The molecule has 1 aromatic carbocycles. The fourth-order valence-corrected chi connectivity index (χ4v) is 2.38. The van der Waals surface area contributed by atoms with Gasteiger partial charge in [-0.1, -0.05) is 0 Å². The van der Waals surface area contributed by atoms with Gasteiger partial charge in [0.15, 0.2) is 0 Å². The number of carbonyl (C=O) groups is 1. The van der Waals surface area contributed by atoms with E-state index in [1.54, 1.807) is 4.90 Å². The zero-order chi connectivity index (χ0) is 15.5. The Labute approximate surface area is 143 Å². The molecule has 0 spiro atoms. The largest absolute Gasteiger partial charge is 0.332 e. The van der Waals surface area contributed by atoms with E-state index >= 15 is 0 Å². The minimum Gasteiger partial charge on any atom is -0.332 e. The standard InChI is InChI=1S/C14H16FN5O2.BrH/c1-10-9-22-18-6-7-19(10)14(21)12-8-11(15)2-3-13(12)20-16-4-5-17-20;/h2-5,8,10,18H,6-7,9H2,1H3;1H/t10-;/m1./s1. The quantitative estimate of drug-likeness (QED) is 0.844. The fraction of sp³-hybridized carbons (Fsp3) is 0.357. The predicted molar refractivity (Wildman–Crippen MR) is 86.1 cm³/mol. The molecular formula is C14H17BrFN5O2. The van der Waals surface area contributed by atoms with Crippen LogP contribution in [-0.2, 0) is 4.84 Å². The summed E-state index contributed by atoms with van der Waals surface area (Å²) in [6, 6.07) is 3.88. The predicted octanol–water partition coefficient (Wildman–Crippen LogP) is 1.35. The van der Waals surface area contributed by atoms with Gasteiger partial charge in [0.05, 0.1) is 36.3 Å². The molecule has 1 aliphatic rings. The van der Waals surface area contributed by atoms with Crippen LogP contribution in [0, 0.1) is 5.82 Å². The number of halogens is 2. The molecule has 1 aliphatic heterocycles. The number of rotatable bonds is 2. The minimum absolute atomic E-state index is 0. The van der Waals surface area contributed by atoms with E-state index < -0.39 is 5.82 Å². The highest BCUT2D eigenvalue weighted by molar-refractivity contribution is 8.93. The first kappa shape index (κ1) is 17.5. The molecule has 1 aromatic heterocycles. The summed E-state index contributed by atoms with van der Waals surface area (Å²) in [4.78, 5) is 21.0. The lowest BCUT2D eigenvalue weighted by molar-refractivity contribution is 0.0346. The molecule has 0 unspecified atom stereocenters. The summed E-state index contributed by atoms with van der Waals surface area (Å²) in [5.74, 6) is -0.747. The lowest BCUT2D eigenvalue weighted by atomic mass is 10.1. The van der Waals surface area contributed by atoms with Crippen LogP contribution in [0.15, 0.2) is 30.6 Å². The maximum Gasteiger partial charge on any atom is 0.256 e. The summed E-state index contributed by atoms with van der Waals surface area (Å²) in [5.41, 5.74) is 3.44. The van der Waals surface area contributed by atoms with Crippen LogP contribution in [-0.4, -0.2) is 51.5 Å². The molecule has 1 saturated heterocycles. The van der Waals surface area contributed by atoms with Crippen LogP contribution in [0.4, 0.5) is 4.39 Å². The van der Waals surface area contributed by atoms with Crippen molar-refractivity contribution in [2.75, 3.05) is 19.7 Å². The molecule has 1 N–H and O–H groups in total. The molecule has 2 aromatic rings. The van der Waals surface area contributed by atoms with Crippen LogP contribution < -0.4 is 5.48 Å². The zero-order valence-corrected chi connectivity index (χ0v) is 14.2. The van der Waals surface area contributed by atoms with Crippen molar-refractivity contribution in [3.05, 3.63) is 42.0 Å². The van der Waals surface area contributed by atoms with Crippen LogP contribution in [0.2, 0.25) is 0 Å². The van der Waals surface area contributed by atoms with Crippen molar-refractivity contribution < 1.29 is 14.0 Å². The maximum absolute atomic E-state index is 13.6. The molecular weight excluding hydrogens is 369 g/mol. The highest BCUT2D eigenvalue weighted by Gasteiger charge is 2.26. The third kappa shape index (κ3) is 3.74. The van der Waals surface area contributed by atoms with E-state index in [0.29, 0.717) is 25.4 Å². The minimum atomic E-state index is -0.476. The van der Waals surface area contributed by atoms with Crippen LogP contribution >= 0.6 is 17.0 Å². The van der Waals surface area contributed by atoms with Gasteiger partial charge in [-0.25, -0.2) is 9.87 Å². The number of carbonyl (C=O) groups excluding carboxylic acids is 1. The van der Waals surface area contributed by atoms with Gasteiger partial charge >= 0.3 is 0 Å². The second-order valence-electron chi connectivity index (χ2n) is 5.03. The van der Waals surface area contributed by atoms with Crippen molar-refractivity contribution in [1.29, 1.82) is 0 Å².